The maximum Gasteiger partial charge on any atom is 0.266 e. The number of fused-ring (bicyclic) bond motifs is 1. The van der Waals surface area contributed by atoms with Gasteiger partial charge < -0.3 is 15.2 Å². The largest absolute Gasteiger partial charge is 0.364 e. The second-order valence-electron chi connectivity index (χ2n) is 5.50. The van der Waals surface area contributed by atoms with Crippen LogP contribution >= 0.6 is 30.6 Å². The molecule has 3 aromatic rings. The van der Waals surface area contributed by atoms with Crippen molar-refractivity contribution in [1.29, 1.82) is 0 Å². The number of aromatic nitrogens is 1. The molecule has 0 saturated heterocycles. The molecule has 0 aliphatic heterocycles. The molecular weight excluding hydrogens is 401 g/mol. The Kier molecular flexibility index (Phi) is 5.13. The molecule has 0 bridgehead atoms. The molecule has 0 aliphatic carbocycles. The van der Waals surface area contributed by atoms with Gasteiger partial charge in [0, 0.05) is 26.3 Å². The van der Waals surface area contributed by atoms with E-state index < -0.39 is 19.1 Å². The molecule has 1 amide bonds. The smallest absolute Gasteiger partial charge is 0.266 e. The summed E-state index contributed by atoms with van der Waals surface area (Å²) in [5, 5.41) is 0.898. The summed E-state index contributed by atoms with van der Waals surface area (Å²) in [4.78, 5) is 14.8. The van der Waals surface area contributed by atoms with Crippen molar-refractivity contribution in [1.82, 2.24) is 4.98 Å². The number of nitrogens with one attached hydrogen (secondary N) is 1. The van der Waals surface area contributed by atoms with Crippen LogP contribution in [-0.4, -0.2) is 17.5 Å². The average molecular weight is 415 g/mol. The molecule has 3 N–H and O–H groups in total. The van der Waals surface area contributed by atoms with Crippen LogP contribution < -0.4 is 16.3 Å². The Morgan fingerprint density at radius 2 is 1.96 bits per heavy atom. The minimum Gasteiger partial charge on any atom is -0.364 e. The fourth-order valence-corrected chi connectivity index (χ4v) is 5.73. The molecule has 0 fully saturated rings. The number of amides is 1. The SMILES string of the molecule is CCOP(=O)(c1cc(F)cc(Cl)c1)c1c(C(N)=O)[nH]c2ccc(Cl)cc12. The Bertz CT molecular complexity index is 1050. The summed E-state index contributed by atoms with van der Waals surface area (Å²) >= 11 is 12.0. The van der Waals surface area contributed by atoms with E-state index in [1.807, 2.05) is 0 Å². The summed E-state index contributed by atoms with van der Waals surface area (Å²) in [5.74, 6) is -1.50. The van der Waals surface area contributed by atoms with Crippen molar-refractivity contribution in [2.24, 2.45) is 5.73 Å². The third kappa shape index (κ3) is 3.26. The molecule has 1 aromatic heterocycles. The maximum absolute atomic E-state index is 13.9. The number of carbonyl (C=O) groups excluding carboxylic acids is 1. The number of nitrogens with two attached hydrogens (primary N) is 1. The van der Waals surface area contributed by atoms with E-state index in [-0.39, 0.29) is 27.9 Å². The van der Waals surface area contributed by atoms with E-state index in [4.69, 9.17) is 33.5 Å². The monoisotopic (exact) mass is 414 g/mol. The van der Waals surface area contributed by atoms with Crippen LogP contribution in [0, 0.1) is 5.82 Å². The predicted octanol–water partition coefficient (Wildman–Crippen LogP) is 3.98. The van der Waals surface area contributed by atoms with Crippen LogP contribution in [0.1, 0.15) is 17.4 Å². The van der Waals surface area contributed by atoms with Gasteiger partial charge in [-0.1, -0.05) is 23.2 Å². The second kappa shape index (κ2) is 7.05. The molecule has 1 unspecified atom stereocenters. The van der Waals surface area contributed by atoms with Gasteiger partial charge in [-0.2, -0.15) is 0 Å². The van der Waals surface area contributed by atoms with Crippen LogP contribution in [0.15, 0.2) is 36.4 Å². The molecule has 136 valence electrons. The number of rotatable bonds is 5. The summed E-state index contributed by atoms with van der Waals surface area (Å²) in [7, 11) is -3.90. The van der Waals surface area contributed by atoms with E-state index in [1.54, 1.807) is 25.1 Å². The molecule has 5 nitrogen and oxygen atoms in total. The van der Waals surface area contributed by atoms with Crippen molar-refractivity contribution in [3.8, 4) is 0 Å². The highest BCUT2D eigenvalue weighted by atomic mass is 35.5. The molecule has 26 heavy (non-hydrogen) atoms. The molecule has 3 rings (SSSR count). The minimum atomic E-state index is -3.90. The molecule has 0 spiro atoms. The zero-order valence-corrected chi connectivity index (χ0v) is 16.0. The van der Waals surface area contributed by atoms with Gasteiger partial charge in [0.2, 0.25) is 0 Å². The number of benzene rings is 2. The molecule has 0 saturated carbocycles. The lowest BCUT2D eigenvalue weighted by Gasteiger charge is -2.19. The number of halogens is 3. The van der Waals surface area contributed by atoms with Crippen molar-refractivity contribution in [2.45, 2.75) is 6.92 Å². The van der Waals surface area contributed by atoms with Crippen molar-refractivity contribution in [3.63, 3.8) is 0 Å². The van der Waals surface area contributed by atoms with E-state index in [0.29, 0.717) is 15.9 Å². The zero-order valence-electron chi connectivity index (χ0n) is 13.6. The van der Waals surface area contributed by atoms with Crippen molar-refractivity contribution in [2.75, 3.05) is 6.61 Å². The first-order chi connectivity index (χ1) is 12.3. The Labute approximate surface area is 158 Å². The van der Waals surface area contributed by atoms with Gasteiger partial charge in [0.1, 0.15) is 11.5 Å². The van der Waals surface area contributed by atoms with Gasteiger partial charge in [-0.05, 0) is 43.3 Å². The van der Waals surface area contributed by atoms with Crippen molar-refractivity contribution < 1.29 is 18.3 Å². The first-order valence-electron chi connectivity index (χ1n) is 7.59. The number of primary amides is 1. The third-order valence-electron chi connectivity index (χ3n) is 3.77. The second-order valence-corrected chi connectivity index (χ2v) is 8.70. The van der Waals surface area contributed by atoms with E-state index >= 15 is 0 Å². The molecular formula is C17H14Cl2FN2O3P. The van der Waals surface area contributed by atoms with Crippen LogP contribution in [0.25, 0.3) is 10.9 Å². The van der Waals surface area contributed by atoms with Gasteiger partial charge in [-0.3, -0.25) is 9.36 Å². The van der Waals surface area contributed by atoms with E-state index in [9.17, 15) is 13.8 Å². The lowest BCUT2D eigenvalue weighted by atomic mass is 10.2. The number of aromatic amines is 1. The summed E-state index contributed by atoms with van der Waals surface area (Å²) < 4.78 is 33.4. The van der Waals surface area contributed by atoms with Gasteiger partial charge in [0.05, 0.1) is 11.9 Å². The molecule has 1 heterocycles. The van der Waals surface area contributed by atoms with E-state index in [2.05, 4.69) is 4.98 Å². The summed E-state index contributed by atoms with van der Waals surface area (Å²) in [6.45, 7) is 1.69. The normalized spacial score (nSPS) is 13.7. The summed E-state index contributed by atoms with van der Waals surface area (Å²) in [5.41, 5.74) is 5.88. The van der Waals surface area contributed by atoms with Crippen LogP contribution in [0.2, 0.25) is 10.0 Å². The lowest BCUT2D eigenvalue weighted by molar-refractivity contribution is 0.0997. The highest BCUT2D eigenvalue weighted by molar-refractivity contribution is 7.75. The van der Waals surface area contributed by atoms with Gasteiger partial charge >= 0.3 is 0 Å². The molecule has 0 radical (unpaired) electrons. The van der Waals surface area contributed by atoms with Gasteiger partial charge in [0.25, 0.3) is 13.3 Å². The first kappa shape index (κ1) is 18.9. The Morgan fingerprint density at radius 1 is 1.23 bits per heavy atom. The Morgan fingerprint density at radius 3 is 2.58 bits per heavy atom. The predicted molar refractivity (Wildman–Crippen MR) is 102 cm³/mol. The molecule has 2 aromatic carbocycles. The summed E-state index contributed by atoms with van der Waals surface area (Å²) in [6, 6.07) is 8.28. The fourth-order valence-electron chi connectivity index (χ4n) is 2.79. The van der Waals surface area contributed by atoms with Crippen molar-refractivity contribution in [3.05, 3.63) is 58.0 Å². The molecule has 1 atom stereocenters. The zero-order chi connectivity index (χ0) is 19.1. The van der Waals surface area contributed by atoms with Gasteiger partial charge in [-0.25, -0.2) is 4.39 Å². The minimum absolute atomic E-state index is 0.0210. The van der Waals surface area contributed by atoms with Gasteiger partial charge in [-0.15, -0.1) is 0 Å². The summed E-state index contributed by atoms with van der Waals surface area (Å²) in [6.07, 6.45) is 0. The number of H-pyrrole nitrogens is 1. The van der Waals surface area contributed by atoms with Crippen molar-refractivity contribution >= 4 is 58.0 Å². The Balaban J connectivity index is 2.42. The fraction of sp³-hybridized carbons (Fsp3) is 0.118. The number of hydrogen-bond acceptors (Lipinski definition) is 3. The Hall–Kier alpha value is -1.85. The highest BCUT2D eigenvalue weighted by Gasteiger charge is 2.36. The molecule has 0 aliphatic rings. The van der Waals surface area contributed by atoms with Crippen LogP contribution in [0.5, 0.6) is 0 Å². The average Bonchev–Trinajstić information content (AvgIpc) is 2.93. The van der Waals surface area contributed by atoms with E-state index in [0.717, 1.165) is 12.1 Å². The number of carbonyl (C=O) groups is 1. The third-order valence-corrected chi connectivity index (χ3v) is 6.84. The van der Waals surface area contributed by atoms with Crippen LogP contribution in [0.3, 0.4) is 0 Å². The lowest BCUT2D eigenvalue weighted by Crippen LogP contribution is -2.26. The maximum atomic E-state index is 13.9. The van der Waals surface area contributed by atoms with Gasteiger partial charge in [0.15, 0.2) is 0 Å². The van der Waals surface area contributed by atoms with Crippen LogP contribution in [-0.2, 0) is 9.09 Å². The highest BCUT2D eigenvalue weighted by Crippen LogP contribution is 2.48. The topological polar surface area (TPSA) is 85.2 Å². The van der Waals surface area contributed by atoms with Crippen LogP contribution in [0.4, 0.5) is 4.39 Å². The number of hydrogen-bond donors (Lipinski definition) is 2. The molecule has 9 heteroatoms. The van der Waals surface area contributed by atoms with E-state index in [1.165, 1.54) is 6.07 Å². The standard InChI is InChI=1S/C17H14Cl2FN2O3P/c1-2-25-26(24,12-6-10(19)5-11(20)8-12)16-13-7-9(18)3-4-14(13)22-15(16)17(21)23/h3-8,22H,2H2,1H3,(H2,21,23). The quantitative estimate of drug-likeness (QED) is 0.619. The first-order valence-corrected chi connectivity index (χ1v) is 9.97.